The van der Waals surface area contributed by atoms with E-state index in [9.17, 15) is 8.42 Å². The van der Waals surface area contributed by atoms with Crippen molar-refractivity contribution in [1.29, 1.82) is 0 Å². The van der Waals surface area contributed by atoms with Crippen LogP contribution in [0.5, 0.6) is 0 Å². The van der Waals surface area contributed by atoms with Gasteiger partial charge in [-0.1, -0.05) is 35.0 Å². The van der Waals surface area contributed by atoms with E-state index >= 15 is 0 Å². The monoisotopic (exact) mass is 377 g/mol. The van der Waals surface area contributed by atoms with Crippen molar-refractivity contribution < 1.29 is 12.9 Å². The lowest BCUT2D eigenvalue weighted by atomic mass is 10.2. The Morgan fingerprint density at radius 3 is 2.42 bits per heavy atom. The molecule has 2 aromatic rings. The highest BCUT2D eigenvalue weighted by molar-refractivity contribution is 7.88. The first-order chi connectivity index (χ1) is 12.3. The zero-order valence-corrected chi connectivity index (χ0v) is 16.6. The molecule has 1 aromatic heterocycles. The van der Waals surface area contributed by atoms with Gasteiger partial charge in [-0.3, -0.25) is 4.90 Å². The maximum Gasteiger partial charge on any atom is 0.218 e. The third-order valence-corrected chi connectivity index (χ3v) is 6.82. The van der Waals surface area contributed by atoms with Crippen LogP contribution in [0.4, 0.5) is 0 Å². The Balaban J connectivity index is 1.63. The van der Waals surface area contributed by atoms with Crippen molar-refractivity contribution in [1.82, 2.24) is 14.4 Å². The van der Waals surface area contributed by atoms with Gasteiger partial charge in [0.25, 0.3) is 0 Å². The van der Waals surface area contributed by atoms with Crippen LogP contribution in [0.25, 0.3) is 0 Å². The predicted octanol–water partition coefficient (Wildman–Crippen LogP) is 2.64. The molecule has 0 spiro atoms. The molecule has 1 saturated heterocycles. The normalized spacial score (nSPS) is 17.3. The average molecular weight is 378 g/mol. The molecule has 0 saturated carbocycles. The first-order valence-electron chi connectivity index (χ1n) is 9.02. The van der Waals surface area contributed by atoms with Crippen LogP contribution in [0.15, 0.2) is 28.8 Å². The maximum absolute atomic E-state index is 12.8. The van der Waals surface area contributed by atoms with E-state index in [1.54, 1.807) is 4.31 Å². The molecular weight excluding hydrogens is 350 g/mol. The Kier molecular flexibility index (Phi) is 5.79. The minimum Gasteiger partial charge on any atom is -0.361 e. The van der Waals surface area contributed by atoms with Crippen LogP contribution < -0.4 is 0 Å². The highest BCUT2D eigenvalue weighted by Crippen LogP contribution is 2.18. The molecule has 0 bridgehead atoms. The zero-order valence-electron chi connectivity index (χ0n) is 15.7. The van der Waals surface area contributed by atoms with Gasteiger partial charge in [0.15, 0.2) is 0 Å². The summed E-state index contributed by atoms with van der Waals surface area (Å²) in [5.41, 5.74) is 4.00. The number of benzene rings is 1. The van der Waals surface area contributed by atoms with Crippen LogP contribution in [-0.4, -0.2) is 49.0 Å². The molecule has 1 aliphatic rings. The summed E-state index contributed by atoms with van der Waals surface area (Å²) < 4.78 is 32.5. The summed E-state index contributed by atoms with van der Waals surface area (Å²) in [7, 11) is -3.30. The Labute approximate surface area is 155 Å². The molecule has 0 aliphatic carbocycles. The van der Waals surface area contributed by atoms with Gasteiger partial charge in [0, 0.05) is 31.7 Å². The summed E-state index contributed by atoms with van der Waals surface area (Å²) in [5.74, 6) is 0.910. The van der Waals surface area contributed by atoms with Crippen LogP contribution >= 0.6 is 0 Å². The fraction of sp³-hybridized carbons (Fsp3) is 0.526. The van der Waals surface area contributed by atoms with E-state index in [1.165, 1.54) is 0 Å². The van der Waals surface area contributed by atoms with Crippen LogP contribution in [0.2, 0.25) is 0 Å². The van der Waals surface area contributed by atoms with Gasteiger partial charge >= 0.3 is 0 Å². The van der Waals surface area contributed by atoms with Crippen molar-refractivity contribution in [3.8, 4) is 0 Å². The smallest absolute Gasteiger partial charge is 0.218 e. The van der Waals surface area contributed by atoms with E-state index in [-0.39, 0.29) is 5.75 Å². The van der Waals surface area contributed by atoms with E-state index in [0.29, 0.717) is 13.1 Å². The summed E-state index contributed by atoms with van der Waals surface area (Å²) in [4.78, 5) is 2.29. The topological polar surface area (TPSA) is 66.7 Å². The molecule has 1 aliphatic heterocycles. The summed E-state index contributed by atoms with van der Waals surface area (Å²) in [6, 6.07) is 7.71. The van der Waals surface area contributed by atoms with Crippen molar-refractivity contribution in [2.45, 2.75) is 39.5 Å². The first-order valence-corrected chi connectivity index (χ1v) is 10.6. The molecule has 3 rings (SSSR count). The van der Waals surface area contributed by atoms with E-state index < -0.39 is 10.0 Å². The van der Waals surface area contributed by atoms with Gasteiger partial charge in [-0.15, -0.1) is 0 Å². The van der Waals surface area contributed by atoms with Crippen LogP contribution in [0.1, 0.15) is 34.6 Å². The van der Waals surface area contributed by atoms with Crippen LogP contribution in [0, 0.1) is 20.8 Å². The summed E-state index contributed by atoms with van der Waals surface area (Å²) >= 11 is 0. The van der Waals surface area contributed by atoms with Crippen molar-refractivity contribution in [3.05, 3.63) is 52.4 Å². The van der Waals surface area contributed by atoms with Gasteiger partial charge < -0.3 is 4.52 Å². The first kappa shape index (κ1) is 19.1. The lowest BCUT2D eigenvalue weighted by Crippen LogP contribution is -2.35. The standard InChI is InChI=1S/C19H27N3O3S/c1-15-5-7-18(8-6-15)14-26(23,24)22-10-4-9-21(11-12-22)13-19-16(2)20-25-17(19)3/h5-8H,4,9-14H2,1-3H3. The third kappa shape index (κ3) is 4.52. The quantitative estimate of drug-likeness (QED) is 0.801. The number of hydrogen-bond donors (Lipinski definition) is 0. The SMILES string of the molecule is Cc1ccc(CS(=O)(=O)N2CCCN(Cc3c(C)noc3C)CC2)cc1. The number of hydrogen-bond acceptors (Lipinski definition) is 5. The van der Waals surface area contributed by atoms with Gasteiger partial charge in [-0.25, -0.2) is 12.7 Å². The number of aromatic nitrogens is 1. The van der Waals surface area contributed by atoms with Gasteiger partial charge in [0.2, 0.25) is 10.0 Å². The highest BCUT2D eigenvalue weighted by Gasteiger charge is 2.26. The Morgan fingerprint density at radius 2 is 1.77 bits per heavy atom. The molecule has 0 N–H and O–H groups in total. The molecule has 142 valence electrons. The molecule has 26 heavy (non-hydrogen) atoms. The van der Waals surface area contributed by atoms with Crippen LogP contribution in [0.3, 0.4) is 0 Å². The Morgan fingerprint density at radius 1 is 1.04 bits per heavy atom. The van der Waals surface area contributed by atoms with Gasteiger partial charge in [-0.2, -0.15) is 0 Å². The molecule has 0 amide bonds. The molecule has 0 radical (unpaired) electrons. The predicted molar refractivity (Wildman–Crippen MR) is 101 cm³/mol. The molecule has 2 heterocycles. The lowest BCUT2D eigenvalue weighted by Gasteiger charge is -2.21. The summed E-state index contributed by atoms with van der Waals surface area (Å²) in [6.45, 7) is 9.32. The number of sulfonamides is 1. The second-order valence-electron chi connectivity index (χ2n) is 7.07. The maximum atomic E-state index is 12.8. The molecule has 6 nitrogen and oxygen atoms in total. The minimum absolute atomic E-state index is 0.0666. The number of nitrogens with zero attached hydrogens (tertiary/aromatic N) is 3. The van der Waals surface area contributed by atoms with Crippen molar-refractivity contribution >= 4 is 10.0 Å². The van der Waals surface area contributed by atoms with E-state index in [0.717, 1.165) is 54.2 Å². The Bertz CT molecular complexity index is 824. The van der Waals surface area contributed by atoms with Crippen LogP contribution in [-0.2, 0) is 22.3 Å². The summed E-state index contributed by atoms with van der Waals surface area (Å²) in [5, 5.41) is 4.00. The molecule has 1 aromatic carbocycles. The lowest BCUT2D eigenvalue weighted by molar-refractivity contribution is 0.276. The van der Waals surface area contributed by atoms with Crippen molar-refractivity contribution in [3.63, 3.8) is 0 Å². The molecule has 0 atom stereocenters. The van der Waals surface area contributed by atoms with Crippen molar-refractivity contribution in [2.75, 3.05) is 26.2 Å². The van der Waals surface area contributed by atoms with Gasteiger partial charge in [-0.05, 0) is 39.3 Å². The third-order valence-electron chi connectivity index (χ3n) is 4.97. The summed E-state index contributed by atoms with van der Waals surface area (Å²) in [6.07, 6.45) is 0.830. The second-order valence-corrected chi connectivity index (χ2v) is 9.04. The van der Waals surface area contributed by atoms with Gasteiger partial charge in [0.1, 0.15) is 5.76 Å². The van der Waals surface area contributed by atoms with E-state index in [4.69, 9.17) is 4.52 Å². The van der Waals surface area contributed by atoms with Gasteiger partial charge in [0.05, 0.1) is 11.4 Å². The molecule has 7 heteroatoms. The fourth-order valence-corrected chi connectivity index (χ4v) is 4.88. The molecule has 0 unspecified atom stereocenters. The minimum atomic E-state index is -3.30. The van der Waals surface area contributed by atoms with E-state index in [2.05, 4.69) is 10.1 Å². The zero-order chi connectivity index (χ0) is 18.7. The molecule has 1 fully saturated rings. The Hall–Kier alpha value is -1.70. The number of rotatable bonds is 5. The highest BCUT2D eigenvalue weighted by atomic mass is 32.2. The average Bonchev–Trinajstić information content (AvgIpc) is 2.79. The van der Waals surface area contributed by atoms with E-state index in [1.807, 2.05) is 45.0 Å². The van der Waals surface area contributed by atoms with Crippen molar-refractivity contribution in [2.24, 2.45) is 0 Å². The largest absolute Gasteiger partial charge is 0.361 e. The fourth-order valence-electron chi connectivity index (χ4n) is 3.32. The molecular formula is C19H27N3O3S. The number of aryl methyl sites for hydroxylation is 3. The second kappa shape index (κ2) is 7.90.